The molecule has 6 atom stereocenters. The smallest absolute Gasteiger partial charge is 0.328 e. The lowest BCUT2D eigenvalue weighted by Gasteiger charge is -2.37. The summed E-state index contributed by atoms with van der Waals surface area (Å²) in [5, 5.41) is 4.65. The molecule has 40 heavy (non-hydrogen) atoms. The fourth-order valence-corrected chi connectivity index (χ4v) is 5.80. The van der Waals surface area contributed by atoms with E-state index < -0.39 is 47.6 Å². The lowest BCUT2D eigenvalue weighted by Crippen LogP contribution is -2.55. The van der Waals surface area contributed by atoms with Gasteiger partial charge in [0.1, 0.15) is 23.7 Å². The average Bonchev–Trinajstić information content (AvgIpc) is 3.33. The van der Waals surface area contributed by atoms with Crippen LogP contribution >= 0.6 is 0 Å². The van der Waals surface area contributed by atoms with Crippen molar-refractivity contribution in [2.24, 2.45) is 29.4 Å². The molecule has 1 saturated carbocycles. The molecule has 3 N–H and O–H groups in total. The topological polar surface area (TPSA) is 120 Å². The minimum absolute atomic E-state index is 0.129. The van der Waals surface area contributed by atoms with E-state index in [4.69, 9.17) is 20.0 Å². The second-order valence-corrected chi connectivity index (χ2v) is 12.4. The van der Waals surface area contributed by atoms with Crippen molar-refractivity contribution in [2.75, 3.05) is 13.7 Å². The first-order chi connectivity index (χ1) is 18.9. The van der Waals surface area contributed by atoms with Crippen LogP contribution < -0.4 is 11.1 Å². The van der Waals surface area contributed by atoms with Gasteiger partial charge in [-0.3, -0.25) is 14.4 Å². The Balaban J connectivity index is 1.96. The number of nitrogens with zero attached hydrogens (tertiary/aromatic N) is 1. The number of nitrogens with two attached hydrogens (primary N) is 1. The fourth-order valence-electron chi connectivity index (χ4n) is 5.80. The Morgan fingerprint density at radius 1 is 1.10 bits per heavy atom. The number of carbonyl (C=O) groups excluding carboxylic acids is 3. The standard InChI is InChI=1S/C31H49N3O6/c1-7-20(2)26(30(37)38-6)33-28(35)23-19-34(18-21-14-10-8-11-15-21)40-27(23)24(29(36)39-31(3,4)5)25(32)22-16-12-9-13-17-22/h8,10-11,14-15,20,22-27H,7,9,12-13,16-19,32H2,1-6H3,(H,33,35)/t20-,23?,24?,25?,26-,27?/m0/s1. The molecule has 4 unspecified atom stereocenters. The van der Waals surface area contributed by atoms with E-state index in [1.807, 2.05) is 65.0 Å². The molecule has 1 amide bonds. The molecule has 224 valence electrons. The zero-order chi connectivity index (χ0) is 29.4. The van der Waals surface area contributed by atoms with Gasteiger partial charge < -0.3 is 20.5 Å². The molecule has 0 radical (unpaired) electrons. The normalized spacial score (nSPS) is 23.6. The summed E-state index contributed by atoms with van der Waals surface area (Å²) in [5.41, 5.74) is 7.17. The Morgan fingerprint density at radius 2 is 1.75 bits per heavy atom. The SMILES string of the molecule is CC[C@H](C)[C@H](NC(=O)C1CN(Cc2ccccc2)OC1C(C(=O)OC(C)(C)C)C(N)C1CCCCC1)C(=O)OC. The van der Waals surface area contributed by atoms with Crippen molar-refractivity contribution in [3.63, 3.8) is 0 Å². The van der Waals surface area contributed by atoms with Crippen molar-refractivity contribution in [1.29, 1.82) is 0 Å². The summed E-state index contributed by atoms with van der Waals surface area (Å²) in [7, 11) is 1.31. The number of methoxy groups -OCH3 is 1. The number of nitrogens with one attached hydrogen (secondary N) is 1. The lowest BCUT2D eigenvalue weighted by atomic mass is 9.75. The summed E-state index contributed by atoms with van der Waals surface area (Å²) in [4.78, 5) is 46.7. The number of esters is 2. The number of benzene rings is 1. The molecule has 2 aliphatic rings. The Kier molecular flexibility index (Phi) is 11.5. The van der Waals surface area contributed by atoms with E-state index in [1.54, 1.807) is 5.06 Å². The number of rotatable bonds is 11. The van der Waals surface area contributed by atoms with Gasteiger partial charge in [-0.1, -0.05) is 69.9 Å². The van der Waals surface area contributed by atoms with Crippen LogP contribution in [0, 0.1) is 23.7 Å². The molecule has 2 fully saturated rings. The Hall–Kier alpha value is -2.49. The zero-order valence-electron chi connectivity index (χ0n) is 25.1. The molecule has 0 spiro atoms. The van der Waals surface area contributed by atoms with Crippen LogP contribution in [-0.4, -0.2) is 60.4 Å². The Morgan fingerprint density at radius 3 is 2.33 bits per heavy atom. The number of carbonyl (C=O) groups is 3. The van der Waals surface area contributed by atoms with Crippen molar-refractivity contribution in [3.8, 4) is 0 Å². The van der Waals surface area contributed by atoms with Gasteiger partial charge >= 0.3 is 11.9 Å². The first-order valence-corrected chi connectivity index (χ1v) is 14.8. The molecule has 0 bridgehead atoms. The molecule has 0 aromatic heterocycles. The van der Waals surface area contributed by atoms with Gasteiger partial charge in [0.15, 0.2) is 0 Å². The third kappa shape index (κ3) is 8.51. The van der Waals surface area contributed by atoms with Gasteiger partial charge in [0.2, 0.25) is 5.91 Å². The molecule has 3 rings (SSSR count). The van der Waals surface area contributed by atoms with E-state index in [2.05, 4.69) is 5.32 Å². The minimum atomic E-state index is -0.848. The highest BCUT2D eigenvalue weighted by atomic mass is 16.7. The summed E-state index contributed by atoms with van der Waals surface area (Å²) < 4.78 is 10.9. The van der Waals surface area contributed by atoms with Gasteiger partial charge in [0.05, 0.1) is 13.0 Å². The highest BCUT2D eigenvalue weighted by molar-refractivity contribution is 5.87. The van der Waals surface area contributed by atoms with Crippen molar-refractivity contribution in [1.82, 2.24) is 10.4 Å². The summed E-state index contributed by atoms with van der Waals surface area (Å²) >= 11 is 0. The predicted octanol–water partition coefficient (Wildman–Crippen LogP) is 3.99. The molecule has 1 heterocycles. The molecule has 1 saturated heterocycles. The van der Waals surface area contributed by atoms with Crippen molar-refractivity contribution in [3.05, 3.63) is 35.9 Å². The van der Waals surface area contributed by atoms with Gasteiger partial charge in [-0.15, -0.1) is 0 Å². The number of hydrogen-bond donors (Lipinski definition) is 2. The number of hydrogen-bond acceptors (Lipinski definition) is 8. The predicted molar refractivity (Wildman–Crippen MR) is 153 cm³/mol. The molecule has 1 aliphatic carbocycles. The van der Waals surface area contributed by atoms with Crippen LogP contribution in [0.15, 0.2) is 30.3 Å². The number of hydroxylamine groups is 2. The van der Waals surface area contributed by atoms with Crippen LogP contribution in [-0.2, 0) is 35.2 Å². The van der Waals surface area contributed by atoms with Gasteiger partial charge in [0.25, 0.3) is 0 Å². The molecule has 1 aromatic rings. The highest BCUT2D eigenvalue weighted by Crippen LogP contribution is 2.37. The molecule has 1 aliphatic heterocycles. The Bertz CT molecular complexity index is 975. The van der Waals surface area contributed by atoms with Crippen LogP contribution in [0.25, 0.3) is 0 Å². The summed E-state index contributed by atoms with van der Waals surface area (Å²) in [6.45, 7) is 10.0. The van der Waals surface area contributed by atoms with E-state index in [9.17, 15) is 14.4 Å². The number of amides is 1. The van der Waals surface area contributed by atoms with E-state index in [-0.39, 0.29) is 24.3 Å². The highest BCUT2D eigenvalue weighted by Gasteiger charge is 2.51. The van der Waals surface area contributed by atoms with Gasteiger partial charge in [-0.25, -0.2) is 4.79 Å². The molecular formula is C31H49N3O6. The average molecular weight is 560 g/mol. The van der Waals surface area contributed by atoms with Gasteiger partial charge in [-0.2, -0.15) is 5.06 Å². The van der Waals surface area contributed by atoms with Crippen LogP contribution in [0.3, 0.4) is 0 Å². The van der Waals surface area contributed by atoms with E-state index >= 15 is 0 Å². The largest absolute Gasteiger partial charge is 0.467 e. The molecule has 1 aromatic carbocycles. The maximum atomic E-state index is 13.9. The van der Waals surface area contributed by atoms with Crippen LogP contribution in [0.2, 0.25) is 0 Å². The Labute approximate surface area is 239 Å². The zero-order valence-corrected chi connectivity index (χ0v) is 25.1. The third-order valence-electron chi connectivity index (χ3n) is 8.21. The van der Waals surface area contributed by atoms with Gasteiger partial charge in [-0.05, 0) is 51.0 Å². The second kappa shape index (κ2) is 14.4. The van der Waals surface area contributed by atoms with Crippen molar-refractivity contribution in [2.45, 2.75) is 103 Å². The minimum Gasteiger partial charge on any atom is -0.467 e. The van der Waals surface area contributed by atoms with E-state index in [0.717, 1.165) is 37.7 Å². The lowest BCUT2D eigenvalue weighted by molar-refractivity contribution is -0.192. The summed E-state index contributed by atoms with van der Waals surface area (Å²) in [6.07, 6.45) is 4.96. The van der Waals surface area contributed by atoms with Crippen LogP contribution in [0.5, 0.6) is 0 Å². The second-order valence-electron chi connectivity index (χ2n) is 12.4. The third-order valence-corrected chi connectivity index (χ3v) is 8.21. The van der Waals surface area contributed by atoms with Gasteiger partial charge in [0, 0.05) is 19.1 Å². The first kappa shape index (κ1) is 32.0. The van der Waals surface area contributed by atoms with E-state index in [1.165, 1.54) is 7.11 Å². The molecular weight excluding hydrogens is 510 g/mol. The van der Waals surface area contributed by atoms with Crippen molar-refractivity contribution < 1.29 is 28.7 Å². The molecule has 9 heteroatoms. The van der Waals surface area contributed by atoms with Crippen LogP contribution in [0.1, 0.15) is 78.7 Å². The van der Waals surface area contributed by atoms with Crippen LogP contribution in [0.4, 0.5) is 0 Å². The monoisotopic (exact) mass is 559 g/mol. The molecule has 9 nitrogen and oxygen atoms in total. The summed E-state index contributed by atoms with van der Waals surface area (Å²) in [6, 6.07) is 8.47. The van der Waals surface area contributed by atoms with Crippen molar-refractivity contribution >= 4 is 17.8 Å². The summed E-state index contributed by atoms with van der Waals surface area (Å²) in [5.74, 6) is -2.91. The maximum absolute atomic E-state index is 13.9. The quantitative estimate of drug-likeness (QED) is 0.391. The van der Waals surface area contributed by atoms with E-state index in [0.29, 0.717) is 13.0 Å². The fraction of sp³-hybridized carbons (Fsp3) is 0.710. The maximum Gasteiger partial charge on any atom is 0.328 e. The number of ether oxygens (including phenoxy) is 2. The first-order valence-electron chi connectivity index (χ1n) is 14.8.